The highest BCUT2D eigenvalue weighted by Crippen LogP contribution is 2.59. The molecule has 7 aromatic rings. The summed E-state index contributed by atoms with van der Waals surface area (Å²) in [7, 11) is 2.38. The number of ether oxygens (including phenoxy) is 10. The summed E-state index contributed by atoms with van der Waals surface area (Å²) >= 11 is 9.64. The fourth-order valence-electron chi connectivity index (χ4n) is 13.0. The van der Waals surface area contributed by atoms with Crippen LogP contribution in [0.2, 0.25) is 0 Å². The fourth-order valence-corrected chi connectivity index (χ4v) is 16.0. The summed E-state index contributed by atoms with van der Waals surface area (Å²) in [6.07, 6.45) is -14.2. The number of anilines is 2. The number of alkyl carbamates (subject to hydrolysis) is 1. The van der Waals surface area contributed by atoms with Crippen LogP contribution < -0.4 is 31.0 Å². The number of thiol groups is 1. The predicted octanol–water partition coefficient (Wildman–Crippen LogP) is 6.06. The van der Waals surface area contributed by atoms with Gasteiger partial charge in [0.1, 0.15) is 49.7 Å². The van der Waals surface area contributed by atoms with E-state index < -0.39 is 159 Å². The van der Waals surface area contributed by atoms with Crippen LogP contribution in [0.25, 0.3) is 22.3 Å². The van der Waals surface area contributed by atoms with Crippen LogP contribution in [0.5, 0.6) is 11.6 Å². The van der Waals surface area contributed by atoms with E-state index in [1.165, 1.54) is 54.5 Å². The van der Waals surface area contributed by atoms with E-state index >= 15 is 0 Å². The van der Waals surface area contributed by atoms with Gasteiger partial charge in [-0.15, -0.1) is 0 Å². The summed E-state index contributed by atoms with van der Waals surface area (Å²) in [5, 5.41) is 19.5. The number of aliphatic hydroxyl groups excluding tert-OH is 1. The minimum absolute atomic E-state index is 0.00167. The van der Waals surface area contributed by atoms with Crippen molar-refractivity contribution in [2.24, 2.45) is 5.92 Å². The van der Waals surface area contributed by atoms with E-state index in [4.69, 9.17) is 77.3 Å². The number of carbonyl (C=O) groups excluding carboxylic acids is 8. The van der Waals surface area contributed by atoms with Crippen molar-refractivity contribution in [1.82, 2.24) is 39.7 Å². The van der Waals surface area contributed by atoms with Crippen molar-refractivity contribution < 1.29 is 118 Å². The highest BCUT2D eigenvalue weighted by atomic mass is 32.7. The summed E-state index contributed by atoms with van der Waals surface area (Å²) in [6, 6.07) is 27.3. The Labute approximate surface area is 623 Å². The monoisotopic (exact) mass is 1570 g/mol. The zero-order chi connectivity index (χ0) is 76.7. The maximum absolute atomic E-state index is 14.3. The molecule has 0 radical (unpaired) electrons. The number of esters is 4. The molecule has 2 unspecified atom stereocenters. The number of aromatic amines is 1. The lowest BCUT2D eigenvalue weighted by atomic mass is 9.97. The maximum atomic E-state index is 14.3. The first-order valence-electron chi connectivity index (χ1n) is 33.4. The number of hydrogen-bond acceptors (Lipinski definition) is 30. The van der Waals surface area contributed by atoms with Crippen molar-refractivity contribution in [3.63, 3.8) is 0 Å². The molecule has 14 atom stereocenters. The van der Waals surface area contributed by atoms with Gasteiger partial charge in [-0.05, 0) is 69.8 Å². The Morgan fingerprint density at radius 3 is 2.22 bits per heavy atom. The van der Waals surface area contributed by atoms with Crippen LogP contribution in [-0.4, -0.2) is 194 Å². The number of imidazole rings is 1. The summed E-state index contributed by atoms with van der Waals surface area (Å²) in [5.41, 5.74) is 3.02. The number of aromatic nitrogens is 6. The Morgan fingerprint density at radius 2 is 1.51 bits per heavy atom. The van der Waals surface area contributed by atoms with Crippen molar-refractivity contribution in [2.45, 2.75) is 127 Å². The highest BCUT2D eigenvalue weighted by Gasteiger charge is 2.57. The van der Waals surface area contributed by atoms with E-state index in [1.807, 2.05) is 48.5 Å². The molecule has 2 bridgehead atoms. The first-order valence-corrected chi connectivity index (χ1v) is 38.7. The van der Waals surface area contributed by atoms with Crippen molar-refractivity contribution in [2.75, 3.05) is 51.2 Å². The van der Waals surface area contributed by atoms with Crippen LogP contribution in [0, 0.1) is 5.92 Å². The molecule has 6 N–H and O–H groups in total. The second-order valence-electron chi connectivity index (χ2n) is 25.2. The lowest BCUT2D eigenvalue weighted by Crippen LogP contribution is -2.64. The number of benzene rings is 4. The second kappa shape index (κ2) is 33.8. The zero-order valence-corrected chi connectivity index (χ0v) is 61.5. The molecule has 1 saturated carbocycles. The van der Waals surface area contributed by atoms with Gasteiger partial charge in [0.25, 0.3) is 11.5 Å². The first-order chi connectivity index (χ1) is 51.7. The number of rotatable bonds is 21. The molecule has 6 heterocycles. The molecule has 2 aliphatic carbocycles. The summed E-state index contributed by atoms with van der Waals surface area (Å²) in [6.45, 7) is -7.36. The van der Waals surface area contributed by atoms with Gasteiger partial charge in [-0.1, -0.05) is 85.0 Å². The van der Waals surface area contributed by atoms with E-state index in [0.717, 1.165) is 61.4 Å². The SMILES string of the molecule is COC(=O)[C@H]1O[C@@H](Oc2ccc(COC(=O)N(C)Cc3ccccc3C(=O)Nc3nc4c(ncn4[C@@H]4O[C@@H]5COP(O)(=S)O[C@H]6C[C@H](Oc7ccncn7)C[C@@H]6COP(=O)(S)O[C@@H]4[C@@H]5O)c(=O)[nH]3)cc2NC(=O)CCNC(=O)OCC2c3ccccc3-c3ccccc32)[C@H](OC(C)=O)[C@@H](OC(C)=O)[C@@H]1OC(C)=O. The number of hydrogen-bond donors (Lipinski definition) is 7. The van der Waals surface area contributed by atoms with Crippen LogP contribution in [0.4, 0.5) is 21.2 Å². The Balaban J connectivity index is 0.724. The van der Waals surface area contributed by atoms with Gasteiger partial charge < -0.3 is 86.5 Å². The Hall–Kier alpha value is -9.82. The average molecular weight is 1570 g/mol. The molecule has 36 nitrogen and oxygen atoms in total. The molecular formula is C68H72N10O26P2S2. The summed E-state index contributed by atoms with van der Waals surface area (Å²) < 4.78 is 95.9. The van der Waals surface area contributed by atoms with Crippen LogP contribution >= 0.6 is 25.8 Å². The Bertz CT molecular complexity index is 4690. The number of aliphatic hydroxyl groups is 1. The standard InChI is InChI=1S/C68H72N10O26P2S2/c1-34(79)96-56-57(97-35(2)80)59(98-36(3)81)65(102-58(56)64(86)91-5)101-48-19-18-37(24-47(48)73-51(82)20-23-70-67(87)92-30-46-44-16-10-8-14-42(44)43-15-9-11-17-45(43)46)28-93-68(88)77(4)27-38-12-6-7-13-41(38)61(84)75-66-74-60-53(62(85)76-66)72-33-78(60)63-55-54(83)50(100-63)31-95-105(89,107)103-49-26-40(99-52-21-22-69-32-71-52)25-39(49)29-94-106(90,108)104-55/h6-19,21-22,24,32-33,39-40,46,49-50,54-59,63,65,83H,20,23,25-31H2,1-5H3,(H,70,87)(H,73,82)(H,89,107)(H,90,108)(H2,74,75,76,84,85)/t39-,40-,49+,50-,54-,55-,56+,57+,58+,59-,63-,65-,105?,106?/m1/s1. The number of fused-ring (bicyclic) bond motifs is 7. The number of carbonyl (C=O) groups is 8. The molecule has 4 aromatic carbocycles. The van der Waals surface area contributed by atoms with E-state index in [2.05, 4.69) is 53.1 Å². The van der Waals surface area contributed by atoms with Gasteiger partial charge in [0, 0.05) is 83.4 Å². The molecule has 572 valence electrons. The lowest BCUT2D eigenvalue weighted by Gasteiger charge is -2.43. The molecule has 3 aromatic heterocycles. The number of amides is 4. The average Bonchev–Trinajstić information content (AvgIpc) is 1.54. The third-order valence-corrected chi connectivity index (χ3v) is 21.0. The third kappa shape index (κ3) is 18.5. The number of nitrogens with one attached hydrogen (secondary N) is 4. The molecule has 4 fully saturated rings. The van der Waals surface area contributed by atoms with Gasteiger partial charge in [-0.2, -0.15) is 4.98 Å². The normalized spacial score (nSPS) is 25.9. The Morgan fingerprint density at radius 1 is 0.806 bits per heavy atom. The minimum atomic E-state index is -4.43. The first kappa shape index (κ1) is 77.8. The van der Waals surface area contributed by atoms with Crippen molar-refractivity contribution in [1.29, 1.82) is 0 Å². The van der Waals surface area contributed by atoms with Crippen molar-refractivity contribution >= 4 is 108 Å². The number of H-pyrrole nitrogens is 1. The van der Waals surface area contributed by atoms with Gasteiger partial charge in [0.2, 0.25) is 30.1 Å². The largest absolute Gasteiger partial charge is 0.474 e. The topological polar surface area (TPSA) is 452 Å². The second-order valence-corrected chi connectivity index (χ2v) is 30.9. The van der Waals surface area contributed by atoms with Gasteiger partial charge in [0.05, 0.1) is 38.4 Å². The molecule has 5 aliphatic rings. The van der Waals surface area contributed by atoms with Crippen LogP contribution in [0.1, 0.15) is 84.8 Å². The zero-order valence-electron chi connectivity index (χ0n) is 58.0. The quantitative estimate of drug-likeness (QED) is 0.0186. The van der Waals surface area contributed by atoms with Gasteiger partial charge in [-0.3, -0.25) is 48.2 Å². The van der Waals surface area contributed by atoms with Crippen molar-refractivity contribution in [3.05, 3.63) is 154 Å². The maximum Gasteiger partial charge on any atom is 0.410 e. The molecule has 4 amide bonds. The predicted molar refractivity (Wildman–Crippen MR) is 379 cm³/mol. The van der Waals surface area contributed by atoms with Gasteiger partial charge in [0.15, 0.2) is 35.7 Å². The van der Waals surface area contributed by atoms with Gasteiger partial charge >= 0.3 is 49.6 Å². The van der Waals surface area contributed by atoms with Crippen LogP contribution in [-0.2, 0) is 109 Å². The molecular weight excluding hydrogens is 1500 g/mol. The van der Waals surface area contributed by atoms with E-state index in [1.54, 1.807) is 18.2 Å². The van der Waals surface area contributed by atoms with Gasteiger partial charge in [-0.25, -0.2) is 33.9 Å². The van der Waals surface area contributed by atoms with Crippen LogP contribution in [0.15, 0.2) is 121 Å². The lowest BCUT2D eigenvalue weighted by molar-refractivity contribution is -0.282. The molecule has 12 rings (SSSR count). The molecule has 108 heavy (non-hydrogen) atoms. The number of methoxy groups -OCH3 is 1. The smallest absolute Gasteiger partial charge is 0.410 e. The summed E-state index contributed by atoms with van der Waals surface area (Å²) in [5.74, 6) is -6.71. The van der Waals surface area contributed by atoms with E-state index in [-0.39, 0.29) is 96.7 Å². The van der Waals surface area contributed by atoms with Crippen LogP contribution in [0.3, 0.4) is 0 Å². The number of nitrogens with zero attached hydrogens (tertiary/aromatic N) is 6. The summed E-state index contributed by atoms with van der Waals surface area (Å²) in [4.78, 5) is 152. The Kier molecular flexibility index (Phi) is 24.3. The molecule has 3 aliphatic heterocycles. The van der Waals surface area contributed by atoms with E-state index in [9.17, 15) is 57.7 Å². The highest BCUT2D eigenvalue weighted by molar-refractivity contribution is 8.44. The molecule has 0 spiro atoms. The minimum Gasteiger partial charge on any atom is -0.474 e. The van der Waals surface area contributed by atoms with Crippen molar-refractivity contribution in [3.8, 4) is 22.8 Å². The van der Waals surface area contributed by atoms with E-state index in [0.29, 0.717) is 0 Å². The fraction of sp³-hybridized carbons (Fsp3) is 0.397. The molecule has 40 heteroatoms. The molecule has 3 saturated heterocycles. The third-order valence-electron chi connectivity index (χ3n) is 17.8.